The van der Waals surface area contributed by atoms with Crippen molar-refractivity contribution >= 4 is 35.0 Å². The molecule has 2 aromatic rings. The number of nitrogens with one attached hydrogen (secondary N) is 2. The Bertz CT molecular complexity index is 1250. The number of aryl methyl sites for hydroxylation is 1. The van der Waals surface area contributed by atoms with Gasteiger partial charge >= 0.3 is 17.9 Å². The normalized spacial score (nSPS) is 19.2. The van der Waals surface area contributed by atoms with E-state index in [2.05, 4.69) is 37.4 Å². The van der Waals surface area contributed by atoms with E-state index in [9.17, 15) is 19.2 Å². The van der Waals surface area contributed by atoms with E-state index in [1.54, 1.807) is 4.57 Å². The molecular formula is C28H39N5O7. The van der Waals surface area contributed by atoms with Crippen molar-refractivity contribution in [2.75, 3.05) is 18.7 Å². The van der Waals surface area contributed by atoms with Crippen molar-refractivity contribution in [1.29, 1.82) is 0 Å². The highest BCUT2D eigenvalue weighted by Gasteiger charge is 2.40. The number of hydrogen-bond acceptors (Lipinski definition) is 10. The number of ether oxygens (including phenoxy) is 2. The van der Waals surface area contributed by atoms with Crippen LogP contribution in [0.5, 0.6) is 0 Å². The summed E-state index contributed by atoms with van der Waals surface area (Å²) in [5.74, 6) is 0.109. The maximum atomic E-state index is 12.4. The van der Waals surface area contributed by atoms with Gasteiger partial charge in [0.25, 0.3) is 5.56 Å². The molecule has 0 radical (unpaired) electrons. The summed E-state index contributed by atoms with van der Waals surface area (Å²) in [6.07, 6.45) is 16.4. The number of nitrogens with zero attached hydrogens (tertiary/aromatic N) is 3. The first-order chi connectivity index (χ1) is 19.4. The number of aromatic amines is 1. The number of rotatable bonds is 17. The molecule has 0 aromatic carbocycles. The third-order valence-electron chi connectivity index (χ3n) is 7.46. The lowest BCUT2D eigenvalue weighted by Gasteiger charge is -2.16. The third-order valence-corrected chi connectivity index (χ3v) is 7.46. The molecule has 3 atom stereocenters. The molecule has 12 heteroatoms. The molecule has 4 rings (SSSR count). The van der Waals surface area contributed by atoms with E-state index >= 15 is 0 Å². The van der Waals surface area contributed by atoms with Gasteiger partial charge in [0.2, 0.25) is 5.95 Å². The van der Waals surface area contributed by atoms with Gasteiger partial charge in [-0.15, -0.1) is 0 Å². The van der Waals surface area contributed by atoms with Crippen LogP contribution in [-0.4, -0.2) is 50.6 Å². The summed E-state index contributed by atoms with van der Waals surface area (Å²) in [6.45, 7) is 2.35. The van der Waals surface area contributed by atoms with Gasteiger partial charge in [-0.25, -0.2) is 4.98 Å². The Morgan fingerprint density at radius 3 is 2.35 bits per heavy atom. The molecule has 2 aromatic heterocycles. The van der Waals surface area contributed by atoms with Gasteiger partial charge < -0.3 is 18.9 Å². The molecule has 2 aliphatic carbocycles. The fourth-order valence-electron chi connectivity index (χ4n) is 5.39. The first-order valence-corrected chi connectivity index (χ1v) is 14.3. The Kier molecular flexibility index (Phi) is 10.7. The number of fused-ring (bicyclic) bond motifs is 3. The van der Waals surface area contributed by atoms with E-state index in [1.165, 1.54) is 13.3 Å². The van der Waals surface area contributed by atoms with E-state index in [4.69, 9.17) is 9.47 Å². The minimum absolute atomic E-state index is 0.00857. The molecule has 0 aliphatic heterocycles. The van der Waals surface area contributed by atoms with Gasteiger partial charge in [-0.1, -0.05) is 50.7 Å². The zero-order chi connectivity index (χ0) is 28.3. The maximum absolute atomic E-state index is 12.4. The zero-order valence-electron chi connectivity index (χ0n) is 23.1. The highest BCUT2D eigenvalue weighted by atomic mass is 16.7. The standard InChI is InChI=1S/C28H39N5O7/c1-19(34)40-32-28-30-25-24(26(36)31-28)33(18-29-25)13-12-23(35)38-14-8-6-4-2-3-5-7-9-15-39-27(37)22-17-20-10-11-21(22)16-20/h10-11,18,20-22H,2-9,12-17H2,1H3,(H2,30,31,32,36). The van der Waals surface area contributed by atoms with Crippen molar-refractivity contribution in [2.24, 2.45) is 17.8 Å². The molecule has 2 aliphatic rings. The van der Waals surface area contributed by atoms with E-state index in [1.807, 2.05) is 0 Å². The summed E-state index contributed by atoms with van der Waals surface area (Å²) in [5, 5.41) is 0. The van der Waals surface area contributed by atoms with E-state index in [-0.39, 0.29) is 47.9 Å². The van der Waals surface area contributed by atoms with Crippen LogP contribution in [0.4, 0.5) is 5.95 Å². The van der Waals surface area contributed by atoms with Crippen molar-refractivity contribution in [3.63, 3.8) is 0 Å². The molecule has 12 nitrogen and oxygen atoms in total. The van der Waals surface area contributed by atoms with Crippen molar-refractivity contribution in [3.05, 3.63) is 28.8 Å². The van der Waals surface area contributed by atoms with Crippen LogP contribution in [0.15, 0.2) is 23.3 Å². The van der Waals surface area contributed by atoms with E-state index in [0.717, 1.165) is 64.2 Å². The maximum Gasteiger partial charge on any atom is 0.329 e. The van der Waals surface area contributed by atoms with Crippen LogP contribution in [0.1, 0.15) is 77.6 Å². The smallest absolute Gasteiger partial charge is 0.329 e. The van der Waals surface area contributed by atoms with Gasteiger partial charge in [0.1, 0.15) is 0 Å². The number of unbranched alkanes of at least 4 members (excludes halogenated alkanes) is 7. The van der Waals surface area contributed by atoms with Crippen LogP contribution in [-0.2, 0) is 35.2 Å². The van der Waals surface area contributed by atoms with Crippen LogP contribution >= 0.6 is 0 Å². The van der Waals surface area contributed by atoms with Gasteiger partial charge in [-0.05, 0) is 37.5 Å². The molecule has 2 bridgehead atoms. The second kappa shape index (κ2) is 14.6. The van der Waals surface area contributed by atoms with Gasteiger partial charge in [0, 0.05) is 13.5 Å². The lowest BCUT2D eigenvalue weighted by Crippen LogP contribution is -2.21. The molecule has 0 spiro atoms. The summed E-state index contributed by atoms with van der Waals surface area (Å²) in [5.41, 5.74) is 2.16. The Morgan fingerprint density at radius 2 is 1.70 bits per heavy atom. The van der Waals surface area contributed by atoms with Crippen molar-refractivity contribution in [2.45, 2.75) is 84.1 Å². The lowest BCUT2D eigenvalue weighted by atomic mass is 9.94. The molecule has 3 unspecified atom stereocenters. The van der Waals surface area contributed by atoms with Crippen LogP contribution < -0.4 is 11.0 Å². The summed E-state index contributed by atoms with van der Waals surface area (Å²) in [4.78, 5) is 62.8. The summed E-state index contributed by atoms with van der Waals surface area (Å²) in [7, 11) is 0. The number of aromatic nitrogens is 4. The zero-order valence-corrected chi connectivity index (χ0v) is 23.1. The molecule has 40 heavy (non-hydrogen) atoms. The largest absolute Gasteiger partial charge is 0.466 e. The quantitative estimate of drug-likeness (QED) is 0.0964. The number of anilines is 1. The van der Waals surface area contributed by atoms with Gasteiger partial charge in [0.05, 0.1) is 31.9 Å². The number of hydrogen-bond donors (Lipinski definition) is 2. The second-order valence-electron chi connectivity index (χ2n) is 10.6. The summed E-state index contributed by atoms with van der Waals surface area (Å²) < 4.78 is 12.4. The number of imidazole rings is 1. The Labute approximate surface area is 232 Å². The Morgan fingerprint density at radius 1 is 1.00 bits per heavy atom. The highest BCUT2D eigenvalue weighted by Crippen LogP contribution is 2.43. The Hall–Kier alpha value is -3.70. The van der Waals surface area contributed by atoms with Gasteiger partial charge in [-0.2, -0.15) is 10.5 Å². The minimum atomic E-state index is -0.585. The first kappa shape index (κ1) is 29.3. The summed E-state index contributed by atoms with van der Waals surface area (Å²) >= 11 is 0. The monoisotopic (exact) mass is 557 g/mol. The van der Waals surface area contributed by atoms with Crippen molar-refractivity contribution in [1.82, 2.24) is 19.5 Å². The molecule has 0 saturated heterocycles. The van der Waals surface area contributed by atoms with Gasteiger partial charge in [-0.3, -0.25) is 24.2 Å². The van der Waals surface area contributed by atoms with Crippen molar-refractivity contribution < 1.29 is 28.7 Å². The molecular weight excluding hydrogens is 518 g/mol. The number of carbonyl (C=O) groups is 3. The molecule has 1 fully saturated rings. The average Bonchev–Trinajstić information content (AvgIpc) is 3.67. The Balaban J connectivity index is 0.983. The molecule has 218 valence electrons. The predicted molar refractivity (Wildman–Crippen MR) is 146 cm³/mol. The average molecular weight is 558 g/mol. The molecule has 2 N–H and O–H groups in total. The van der Waals surface area contributed by atoms with Crippen LogP contribution in [0.25, 0.3) is 11.2 Å². The third kappa shape index (κ3) is 8.40. The minimum Gasteiger partial charge on any atom is -0.466 e. The lowest BCUT2D eigenvalue weighted by molar-refractivity contribution is -0.149. The van der Waals surface area contributed by atoms with Crippen LogP contribution in [0.3, 0.4) is 0 Å². The molecule has 2 heterocycles. The number of H-pyrrole nitrogens is 1. The highest BCUT2D eigenvalue weighted by molar-refractivity contribution is 5.74. The fourth-order valence-corrected chi connectivity index (χ4v) is 5.39. The van der Waals surface area contributed by atoms with Gasteiger partial charge in [0.15, 0.2) is 11.2 Å². The van der Waals surface area contributed by atoms with Crippen LogP contribution in [0, 0.1) is 17.8 Å². The second-order valence-corrected chi connectivity index (χ2v) is 10.6. The molecule has 1 saturated carbocycles. The fraction of sp³-hybridized carbons (Fsp3) is 0.643. The van der Waals surface area contributed by atoms with E-state index < -0.39 is 11.5 Å². The predicted octanol–water partition coefficient (Wildman–Crippen LogP) is 3.82. The first-order valence-electron chi connectivity index (χ1n) is 14.3. The van der Waals surface area contributed by atoms with E-state index in [0.29, 0.717) is 25.0 Å². The van der Waals surface area contributed by atoms with Crippen molar-refractivity contribution in [3.8, 4) is 0 Å². The van der Waals surface area contributed by atoms with Crippen LogP contribution in [0.2, 0.25) is 0 Å². The molecule has 0 amide bonds. The number of esters is 2. The number of allylic oxidation sites excluding steroid dienone is 2. The number of carbonyl (C=O) groups excluding carboxylic acids is 3. The summed E-state index contributed by atoms with van der Waals surface area (Å²) in [6, 6.07) is 0. The SMILES string of the molecule is CC(=O)ONc1nc2ncn(CCC(=O)OCCCCCCCCCCOC(=O)C3CC4C=CC3C4)c2c(=O)[nH]1. The topological polar surface area (TPSA) is 154 Å².